The van der Waals surface area contributed by atoms with Crippen molar-refractivity contribution in [3.63, 3.8) is 0 Å². The van der Waals surface area contributed by atoms with Crippen LogP contribution in [0.4, 0.5) is 5.69 Å². The van der Waals surface area contributed by atoms with Gasteiger partial charge in [-0.25, -0.2) is 0 Å². The highest BCUT2D eigenvalue weighted by atomic mass is 32.2. The van der Waals surface area contributed by atoms with Crippen LogP contribution in [0.25, 0.3) is 0 Å². The van der Waals surface area contributed by atoms with Gasteiger partial charge in [0.1, 0.15) is 11.6 Å². The predicted molar refractivity (Wildman–Crippen MR) is 104 cm³/mol. The SMILES string of the molecule is CCN(/C=C(/C#N)C(=O)Nc1ccc(S(=O)(=O)O)cc1)CCc1ccncc1. The van der Waals surface area contributed by atoms with Crippen molar-refractivity contribution in [1.82, 2.24) is 9.88 Å². The van der Waals surface area contributed by atoms with Crippen molar-refractivity contribution < 1.29 is 17.8 Å². The van der Waals surface area contributed by atoms with Crippen LogP contribution in [0, 0.1) is 11.3 Å². The third-order valence-electron chi connectivity index (χ3n) is 3.93. The van der Waals surface area contributed by atoms with Crippen LogP contribution in [0.3, 0.4) is 0 Å². The van der Waals surface area contributed by atoms with Crippen LogP contribution in [0.5, 0.6) is 0 Å². The van der Waals surface area contributed by atoms with Gasteiger partial charge in [0.15, 0.2) is 0 Å². The zero-order valence-corrected chi connectivity index (χ0v) is 16.1. The molecule has 1 aromatic heterocycles. The van der Waals surface area contributed by atoms with Crippen LogP contribution in [0.15, 0.2) is 65.5 Å². The molecule has 28 heavy (non-hydrogen) atoms. The first kappa shape index (κ1) is 21.1. The number of nitrogens with zero attached hydrogens (tertiary/aromatic N) is 3. The molecule has 0 aliphatic carbocycles. The van der Waals surface area contributed by atoms with E-state index in [0.29, 0.717) is 18.8 Å². The Hall–Kier alpha value is -3.22. The molecule has 0 fully saturated rings. The van der Waals surface area contributed by atoms with Crippen molar-refractivity contribution in [1.29, 1.82) is 5.26 Å². The van der Waals surface area contributed by atoms with Crippen molar-refractivity contribution in [2.24, 2.45) is 0 Å². The lowest BCUT2D eigenvalue weighted by Crippen LogP contribution is -2.23. The molecular formula is C19H20N4O4S. The summed E-state index contributed by atoms with van der Waals surface area (Å²) in [7, 11) is -4.30. The van der Waals surface area contributed by atoms with E-state index in [0.717, 1.165) is 24.1 Å². The number of aromatic nitrogens is 1. The van der Waals surface area contributed by atoms with Gasteiger partial charge in [-0.2, -0.15) is 13.7 Å². The Morgan fingerprint density at radius 2 is 1.89 bits per heavy atom. The van der Waals surface area contributed by atoms with Crippen LogP contribution < -0.4 is 5.32 Å². The number of hydrogen-bond donors (Lipinski definition) is 2. The minimum Gasteiger partial charge on any atom is -0.376 e. The smallest absolute Gasteiger partial charge is 0.294 e. The number of rotatable bonds is 8. The highest BCUT2D eigenvalue weighted by Crippen LogP contribution is 2.14. The van der Waals surface area contributed by atoms with E-state index in [-0.39, 0.29) is 10.5 Å². The van der Waals surface area contributed by atoms with E-state index in [4.69, 9.17) is 4.55 Å². The molecule has 0 aliphatic heterocycles. The molecule has 2 N–H and O–H groups in total. The van der Waals surface area contributed by atoms with Gasteiger partial charge in [-0.3, -0.25) is 14.3 Å². The normalized spacial score (nSPS) is 11.5. The Morgan fingerprint density at radius 3 is 2.43 bits per heavy atom. The third kappa shape index (κ3) is 6.19. The minimum atomic E-state index is -4.30. The van der Waals surface area contributed by atoms with Gasteiger partial charge >= 0.3 is 0 Å². The van der Waals surface area contributed by atoms with E-state index in [1.54, 1.807) is 12.4 Å². The fourth-order valence-electron chi connectivity index (χ4n) is 2.37. The summed E-state index contributed by atoms with van der Waals surface area (Å²) >= 11 is 0. The van der Waals surface area contributed by atoms with Crippen LogP contribution in [0.1, 0.15) is 12.5 Å². The highest BCUT2D eigenvalue weighted by molar-refractivity contribution is 7.85. The van der Waals surface area contributed by atoms with Crippen LogP contribution in [-0.2, 0) is 21.3 Å². The molecule has 8 nitrogen and oxygen atoms in total. The Bertz CT molecular complexity index is 981. The van der Waals surface area contributed by atoms with Gasteiger partial charge in [0.05, 0.1) is 4.90 Å². The summed E-state index contributed by atoms with van der Waals surface area (Å²) in [6, 6.07) is 10.7. The van der Waals surface area contributed by atoms with Crippen molar-refractivity contribution in [3.05, 3.63) is 66.1 Å². The van der Waals surface area contributed by atoms with E-state index in [1.165, 1.54) is 18.3 Å². The van der Waals surface area contributed by atoms with Crippen LogP contribution in [0.2, 0.25) is 0 Å². The Morgan fingerprint density at radius 1 is 1.25 bits per heavy atom. The Kier molecular flexibility index (Phi) is 7.26. The number of hydrogen-bond acceptors (Lipinski definition) is 6. The maximum absolute atomic E-state index is 12.3. The molecule has 0 aliphatic rings. The topological polar surface area (TPSA) is 123 Å². The van der Waals surface area contributed by atoms with Gasteiger partial charge < -0.3 is 10.2 Å². The summed E-state index contributed by atoms with van der Waals surface area (Å²) in [4.78, 5) is 17.9. The van der Waals surface area contributed by atoms with E-state index < -0.39 is 16.0 Å². The van der Waals surface area contributed by atoms with E-state index >= 15 is 0 Å². The van der Waals surface area contributed by atoms with Gasteiger partial charge in [0.2, 0.25) is 0 Å². The first-order valence-corrected chi connectivity index (χ1v) is 9.91. The summed E-state index contributed by atoms with van der Waals surface area (Å²) in [6.07, 6.45) is 5.67. The summed E-state index contributed by atoms with van der Waals surface area (Å²) in [5.74, 6) is -0.607. The van der Waals surface area contributed by atoms with Gasteiger partial charge in [-0.1, -0.05) is 0 Å². The fraction of sp³-hybridized carbons (Fsp3) is 0.211. The minimum absolute atomic E-state index is 0.0737. The molecule has 146 valence electrons. The zero-order valence-electron chi connectivity index (χ0n) is 15.2. The standard InChI is InChI=1S/C19H20N4O4S/c1-2-23(12-9-15-7-10-21-11-8-15)14-16(13-20)19(24)22-17-3-5-18(6-4-17)28(25,26)27/h3-8,10-11,14H,2,9,12H2,1H3,(H,22,24)(H,25,26,27)/b16-14-. The maximum atomic E-state index is 12.3. The number of likely N-dealkylation sites (N-methyl/N-ethyl adjacent to an activating group) is 1. The molecular weight excluding hydrogens is 380 g/mol. The molecule has 0 unspecified atom stereocenters. The quantitative estimate of drug-likeness (QED) is 0.396. The number of carbonyl (C=O) groups excluding carboxylic acids is 1. The summed E-state index contributed by atoms with van der Waals surface area (Å²) in [5, 5.41) is 11.9. The third-order valence-corrected chi connectivity index (χ3v) is 4.80. The lowest BCUT2D eigenvalue weighted by molar-refractivity contribution is -0.112. The molecule has 2 aromatic rings. The number of carbonyl (C=O) groups is 1. The molecule has 1 aromatic carbocycles. The first-order valence-electron chi connectivity index (χ1n) is 8.47. The Balaban J connectivity index is 2.05. The molecule has 0 spiro atoms. The number of amides is 1. The van der Waals surface area contributed by atoms with Gasteiger partial charge in [-0.15, -0.1) is 0 Å². The lowest BCUT2D eigenvalue weighted by atomic mass is 10.2. The molecule has 0 bridgehead atoms. The number of anilines is 1. The molecule has 0 atom stereocenters. The summed E-state index contributed by atoms with van der Waals surface area (Å²) in [6.45, 7) is 3.17. The fourth-order valence-corrected chi connectivity index (χ4v) is 2.85. The average Bonchev–Trinajstić information content (AvgIpc) is 2.68. The van der Waals surface area contributed by atoms with Gasteiger partial charge in [0.25, 0.3) is 16.0 Å². The number of benzene rings is 1. The molecule has 0 radical (unpaired) electrons. The van der Waals surface area contributed by atoms with E-state index in [1.807, 2.05) is 30.0 Å². The average molecular weight is 400 g/mol. The van der Waals surface area contributed by atoms with E-state index in [9.17, 15) is 18.5 Å². The highest BCUT2D eigenvalue weighted by Gasteiger charge is 2.13. The van der Waals surface area contributed by atoms with Crippen molar-refractivity contribution in [2.75, 3.05) is 18.4 Å². The molecule has 0 saturated carbocycles. The predicted octanol–water partition coefficient (Wildman–Crippen LogP) is 2.24. The van der Waals surface area contributed by atoms with Gasteiger partial charge in [-0.05, 0) is 55.3 Å². The number of nitrogens with one attached hydrogen (secondary N) is 1. The molecule has 2 rings (SSSR count). The number of pyridine rings is 1. The molecule has 9 heteroatoms. The lowest BCUT2D eigenvalue weighted by Gasteiger charge is -2.18. The summed E-state index contributed by atoms with van der Waals surface area (Å²) in [5.41, 5.74) is 1.33. The second-order valence-electron chi connectivity index (χ2n) is 5.84. The maximum Gasteiger partial charge on any atom is 0.294 e. The monoisotopic (exact) mass is 400 g/mol. The second kappa shape index (κ2) is 9.64. The van der Waals surface area contributed by atoms with Crippen molar-refractivity contribution >= 4 is 21.7 Å². The van der Waals surface area contributed by atoms with Crippen LogP contribution >= 0.6 is 0 Å². The van der Waals surface area contributed by atoms with Crippen molar-refractivity contribution in [3.8, 4) is 6.07 Å². The zero-order chi connectivity index (χ0) is 20.6. The van der Waals surface area contributed by atoms with E-state index in [2.05, 4.69) is 10.3 Å². The largest absolute Gasteiger partial charge is 0.376 e. The molecule has 0 saturated heterocycles. The van der Waals surface area contributed by atoms with Crippen LogP contribution in [-0.4, -0.2) is 41.9 Å². The molecule has 1 amide bonds. The summed E-state index contributed by atoms with van der Waals surface area (Å²) < 4.78 is 31.1. The first-order chi connectivity index (χ1) is 13.3. The Labute approximate surface area is 163 Å². The van der Waals surface area contributed by atoms with Crippen molar-refractivity contribution in [2.45, 2.75) is 18.2 Å². The second-order valence-corrected chi connectivity index (χ2v) is 7.26. The molecule has 1 heterocycles. The van der Waals surface area contributed by atoms with Gasteiger partial charge in [0, 0.05) is 37.4 Å². The number of nitriles is 1.